The van der Waals surface area contributed by atoms with Gasteiger partial charge in [0, 0.05) is 16.6 Å². The Morgan fingerprint density at radius 2 is 1.89 bits per heavy atom. The standard InChI is InChI=1S/C13H10BrNO3/c1-9-7-12(15(16)17)13(8-11(9)14)18-10-5-3-2-4-6-10/h2-8H,1H3. The van der Waals surface area contributed by atoms with E-state index in [2.05, 4.69) is 15.9 Å². The molecule has 0 radical (unpaired) electrons. The Hall–Kier alpha value is -1.88. The van der Waals surface area contributed by atoms with Crippen LogP contribution >= 0.6 is 15.9 Å². The summed E-state index contributed by atoms with van der Waals surface area (Å²) in [4.78, 5) is 10.5. The highest BCUT2D eigenvalue weighted by Crippen LogP contribution is 2.35. The van der Waals surface area contributed by atoms with Gasteiger partial charge in [0.05, 0.1) is 4.92 Å². The highest BCUT2D eigenvalue weighted by molar-refractivity contribution is 9.10. The number of benzene rings is 2. The van der Waals surface area contributed by atoms with Crippen molar-refractivity contribution in [2.24, 2.45) is 0 Å². The summed E-state index contributed by atoms with van der Waals surface area (Å²) in [5.41, 5.74) is 0.752. The number of ether oxygens (including phenoxy) is 1. The smallest absolute Gasteiger partial charge is 0.311 e. The van der Waals surface area contributed by atoms with Crippen LogP contribution in [0.3, 0.4) is 0 Å². The number of nitro benzene ring substituents is 1. The highest BCUT2D eigenvalue weighted by Gasteiger charge is 2.17. The van der Waals surface area contributed by atoms with E-state index in [0.717, 1.165) is 10.0 Å². The fourth-order valence-corrected chi connectivity index (χ4v) is 1.81. The first-order valence-corrected chi connectivity index (χ1v) is 6.04. The fraction of sp³-hybridized carbons (Fsp3) is 0.0769. The van der Waals surface area contributed by atoms with Gasteiger partial charge in [-0.1, -0.05) is 34.1 Å². The molecule has 0 aliphatic carbocycles. The lowest BCUT2D eigenvalue weighted by Gasteiger charge is -2.08. The van der Waals surface area contributed by atoms with Crippen molar-refractivity contribution in [2.45, 2.75) is 6.92 Å². The topological polar surface area (TPSA) is 52.4 Å². The average molecular weight is 308 g/mol. The minimum atomic E-state index is -0.447. The summed E-state index contributed by atoms with van der Waals surface area (Å²) in [6, 6.07) is 12.1. The van der Waals surface area contributed by atoms with Crippen LogP contribution in [0.1, 0.15) is 5.56 Å². The number of hydrogen-bond donors (Lipinski definition) is 0. The summed E-state index contributed by atoms with van der Waals surface area (Å²) >= 11 is 3.34. The van der Waals surface area contributed by atoms with E-state index in [1.807, 2.05) is 18.2 Å². The van der Waals surface area contributed by atoms with E-state index in [0.29, 0.717) is 5.75 Å². The molecule has 0 amide bonds. The number of halogens is 1. The molecule has 4 nitrogen and oxygen atoms in total. The number of rotatable bonds is 3. The molecule has 0 aliphatic rings. The molecular weight excluding hydrogens is 298 g/mol. The van der Waals surface area contributed by atoms with Crippen molar-refractivity contribution >= 4 is 21.6 Å². The fourth-order valence-electron chi connectivity index (χ4n) is 1.49. The SMILES string of the molecule is Cc1cc([N+](=O)[O-])c(Oc2ccccc2)cc1Br. The van der Waals surface area contributed by atoms with Crippen molar-refractivity contribution in [1.29, 1.82) is 0 Å². The molecule has 2 aromatic rings. The van der Waals surface area contributed by atoms with Gasteiger partial charge in [0.15, 0.2) is 0 Å². The van der Waals surface area contributed by atoms with E-state index in [9.17, 15) is 10.1 Å². The van der Waals surface area contributed by atoms with Gasteiger partial charge in [-0.25, -0.2) is 0 Å². The average Bonchev–Trinajstić information content (AvgIpc) is 2.34. The number of para-hydroxylation sites is 1. The Morgan fingerprint density at radius 3 is 2.50 bits per heavy atom. The third-order valence-corrected chi connectivity index (χ3v) is 3.26. The molecule has 0 aromatic heterocycles. The predicted octanol–water partition coefficient (Wildman–Crippen LogP) is 4.46. The van der Waals surface area contributed by atoms with Gasteiger partial charge in [0.1, 0.15) is 5.75 Å². The maximum Gasteiger partial charge on any atom is 0.311 e. The van der Waals surface area contributed by atoms with Crippen LogP contribution < -0.4 is 4.74 Å². The van der Waals surface area contributed by atoms with Crippen molar-refractivity contribution in [3.05, 3.63) is 62.6 Å². The van der Waals surface area contributed by atoms with E-state index in [4.69, 9.17) is 4.74 Å². The molecule has 0 spiro atoms. The number of nitrogens with zero attached hydrogens (tertiary/aromatic N) is 1. The van der Waals surface area contributed by atoms with Gasteiger partial charge in [0.25, 0.3) is 0 Å². The first kappa shape index (κ1) is 12.6. The van der Waals surface area contributed by atoms with Crippen LogP contribution in [0.25, 0.3) is 0 Å². The number of nitro groups is 1. The van der Waals surface area contributed by atoms with Crippen LogP contribution in [0.2, 0.25) is 0 Å². The summed E-state index contributed by atoms with van der Waals surface area (Å²) in [7, 11) is 0. The van der Waals surface area contributed by atoms with Crippen LogP contribution in [0.15, 0.2) is 46.9 Å². The molecule has 0 N–H and O–H groups in total. The summed E-state index contributed by atoms with van der Waals surface area (Å²) in [6.45, 7) is 1.80. The molecule has 0 atom stereocenters. The maximum absolute atomic E-state index is 11.0. The lowest BCUT2D eigenvalue weighted by molar-refractivity contribution is -0.385. The predicted molar refractivity (Wildman–Crippen MR) is 72.0 cm³/mol. The van der Waals surface area contributed by atoms with E-state index < -0.39 is 4.92 Å². The first-order valence-electron chi connectivity index (χ1n) is 5.25. The quantitative estimate of drug-likeness (QED) is 0.621. The third kappa shape index (κ3) is 2.68. The van der Waals surface area contributed by atoms with Gasteiger partial charge in [-0.15, -0.1) is 0 Å². The zero-order valence-electron chi connectivity index (χ0n) is 9.59. The molecule has 2 aromatic carbocycles. The van der Waals surface area contributed by atoms with Crippen LogP contribution in [0, 0.1) is 17.0 Å². The Morgan fingerprint density at radius 1 is 1.22 bits per heavy atom. The van der Waals surface area contributed by atoms with E-state index >= 15 is 0 Å². The minimum Gasteiger partial charge on any atom is -0.450 e. The minimum absolute atomic E-state index is 0.0421. The molecule has 0 saturated carbocycles. The second-order valence-corrected chi connectivity index (χ2v) is 4.60. The molecule has 0 aliphatic heterocycles. The molecule has 92 valence electrons. The molecule has 0 fully saturated rings. The molecule has 0 unspecified atom stereocenters. The van der Waals surface area contributed by atoms with Gasteiger partial charge in [0.2, 0.25) is 5.75 Å². The van der Waals surface area contributed by atoms with Crippen LogP contribution in [0.4, 0.5) is 5.69 Å². The molecule has 0 heterocycles. The summed E-state index contributed by atoms with van der Waals surface area (Å²) in [6.07, 6.45) is 0. The van der Waals surface area contributed by atoms with Crippen molar-refractivity contribution < 1.29 is 9.66 Å². The summed E-state index contributed by atoms with van der Waals surface area (Å²) in [5, 5.41) is 11.0. The zero-order chi connectivity index (χ0) is 13.1. The Balaban J connectivity index is 2.43. The van der Waals surface area contributed by atoms with Gasteiger partial charge in [-0.2, -0.15) is 0 Å². The summed E-state index contributed by atoms with van der Waals surface area (Å²) in [5.74, 6) is 0.792. The van der Waals surface area contributed by atoms with Crippen LogP contribution in [-0.4, -0.2) is 4.92 Å². The lowest BCUT2D eigenvalue weighted by atomic mass is 10.2. The van der Waals surface area contributed by atoms with Crippen LogP contribution in [0.5, 0.6) is 11.5 Å². The number of aryl methyl sites for hydroxylation is 1. The summed E-state index contributed by atoms with van der Waals surface area (Å²) < 4.78 is 6.31. The molecule has 2 rings (SSSR count). The van der Waals surface area contributed by atoms with E-state index in [1.165, 1.54) is 6.07 Å². The molecule has 18 heavy (non-hydrogen) atoms. The highest BCUT2D eigenvalue weighted by atomic mass is 79.9. The van der Waals surface area contributed by atoms with Gasteiger partial charge >= 0.3 is 5.69 Å². The monoisotopic (exact) mass is 307 g/mol. The normalized spacial score (nSPS) is 10.1. The molecular formula is C13H10BrNO3. The lowest BCUT2D eigenvalue weighted by Crippen LogP contribution is -1.94. The Kier molecular flexibility index (Phi) is 3.62. The first-order chi connectivity index (χ1) is 8.58. The largest absolute Gasteiger partial charge is 0.450 e. The molecule has 0 saturated heterocycles. The Labute approximate surface area is 112 Å². The molecule has 0 bridgehead atoms. The number of hydrogen-bond acceptors (Lipinski definition) is 3. The van der Waals surface area contributed by atoms with Crippen molar-refractivity contribution in [3.8, 4) is 11.5 Å². The second-order valence-electron chi connectivity index (χ2n) is 3.74. The third-order valence-electron chi connectivity index (χ3n) is 2.41. The van der Waals surface area contributed by atoms with E-state index in [1.54, 1.807) is 25.1 Å². The van der Waals surface area contributed by atoms with E-state index in [-0.39, 0.29) is 11.4 Å². The van der Waals surface area contributed by atoms with Crippen LogP contribution in [-0.2, 0) is 0 Å². The van der Waals surface area contributed by atoms with Crippen molar-refractivity contribution in [3.63, 3.8) is 0 Å². The second kappa shape index (κ2) is 5.18. The zero-order valence-corrected chi connectivity index (χ0v) is 11.2. The Bertz CT molecular complexity index is 584. The van der Waals surface area contributed by atoms with Crippen molar-refractivity contribution in [1.82, 2.24) is 0 Å². The van der Waals surface area contributed by atoms with Gasteiger partial charge in [-0.05, 0) is 24.6 Å². The van der Waals surface area contributed by atoms with Gasteiger partial charge in [-0.3, -0.25) is 10.1 Å². The maximum atomic E-state index is 11.0. The molecule has 5 heteroatoms. The van der Waals surface area contributed by atoms with Gasteiger partial charge < -0.3 is 4.74 Å². The van der Waals surface area contributed by atoms with Crippen molar-refractivity contribution in [2.75, 3.05) is 0 Å².